The Morgan fingerprint density at radius 3 is 2.33 bits per heavy atom. The van der Waals surface area contributed by atoms with Crippen LogP contribution in [0.3, 0.4) is 0 Å². The average molecular weight is 491 g/mol. The first kappa shape index (κ1) is 22.8. The van der Waals surface area contributed by atoms with Crippen LogP contribution < -0.4 is 0 Å². The van der Waals surface area contributed by atoms with Crippen LogP contribution in [0.15, 0.2) is 10.7 Å². The van der Waals surface area contributed by atoms with E-state index in [1.54, 1.807) is 11.8 Å². The molecule has 7 nitrogen and oxygen atoms in total. The molecule has 0 radical (unpaired) electrons. The minimum absolute atomic E-state index is 0.123. The Kier molecular flexibility index (Phi) is 6.61. The summed E-state index contributed by atoms with van der Waals surface area (Å²) in [4.78, 5) is 16.9. The molecular weight excluding hydrogens is 465 g/mol. The molecule has 1 aliphatic rings. The number of nitrogens with zero attached hydrogens (tertiary/aromatic N) is 6. The number of carbonyl (C=O) groups is 1. The summed E-state index contributed by atoms with van der Waals surface area (Å²) in [6.45, 7) is 11.2. The predicted octanol–water partition coefficient (Wildman–Crippen LogP) is 3.40. The SMILES string of the molecule is CCn1cc(CN2CCN(C(=O)C(C)n3nc(C(F)(F)F)c(Br)c3C)CC2)c(C)n1. The molecule has 1 fully saturated rings. The van der Waals surface area contributed by atoms with Gasteiger partial charge < -0.3 is 4.90 Å². The fraction of sp³-hybridized carbons (Fsp3) is 0.632. The Hall–Kier alpha value is -1.88. The van der Waals surface area contributed by atoms with Gasteiger partial charge in [0.25, 0.3) is 0 Å². The molecule has 1 amide bonds. The summed E-state index contributed by atoms with van der Waals surface area (Å²) in [6.07, 6.45) is -2.53. The first-order chi connectivity index (χ1) is 14.0. The first-order valence-electron chi connectivity index (χ1n) is 9.88. The number of hydrogen-bond acceptors (Lipinski definition) is 4. The van der Waals surface area contributed by atoms with Crippen molar-refractivity contribution in [2.45, 2.75) is 53.0 Å². The maximum absolute atomic E-state index is 13.1. The lowest BCUT2D eigenvalue weighted by molar-refractivity contribution is -0.143. The van der Waals surface area contributed by atoms with E-state index in [4.69, 9.17) is 0 Å². The van der Waals surface area contributed by atoms with E-state index >= 15 is 0 Å². The fourth-order valence-corrected chi connectivity index (χ4v) is 4.15. The molecule has 2 aromatic rings. The monoisotopic (exact) mass is 490 g/mol. The predicted molar refractivity (Wildman–Crippen MR) is 109 cm³/mol. The number of aryl methyl sites for hydroxylation is 2. The van der Waals surface area contributed by atoms with Gasteiger partial charge in [-0.15, -0.1) is 0 Å². The maximum Gasteiger partial charge on any atom is 0.436 e. The van der Waals surface area contributed by atoms with E-state index in [9.17, 15) is 18.0 Å². The Labute approximate surface area is 181 Å². The summed E-state index contributed by atoms with van der Waals surface area (Å²) in [5.74, 6) is -0.226. The van der Waals surface area contributed by atoms with Crippen molar-refractivity contribution < 1.29 is 18.0 Å². The molecule has 0 aromatic carbocycles. The lowest BCUT2D eigenvalue weighted by atomic mass is 10.2. The highest BCUT2D eigenvalue weighted by Gasteiger charge is 2.39. The molecule has 1 atom stereocenters. The van der Waals surface area contributed by atoms with Crippen LogP contribution in [-0.2, 0) is 24.1 Å². The van der Waals surface area contributed by atoms with Crippen molar-refractivity contribution in [1.29, 1.82) is 0 Å². The molecule has 0 spiro atoms. The molecule has 30 heavy (non-hydrogen) atoms. The van der Waals surface area contributed by atoms with Crippen LogP contribution in [0.4, 0.5) is 13.2 Å². The second-order valence-electron chi connectivity index (χ2n) is 7.56. The molecule has 3 rings (SSSR count). The normalized spacial score (nSPS) is 16.9. The van der Waals surface area contributed by atoms with E-state index in [0.717, 1.165) is 23.5 Å². The summed E-state index contributed by atoms with van der Waals surface area (Å²) in [7, 11) is 0. The third-order valence-corrected chi connectivity index (χ3v) is 6.47. The number of hydrogen-bond donors (Lipinski definition) is 0. The molecule has 1 unspecified atom stereocenters. The van der Waals surface area contributed by atoms with E-state index in [1.807, 2.05) is 24.7 Å². The molecule has 0 N–H and O–H groups in total. The average Bonchev–Trinajstić information content (AvgIpc) is 3.20. The zero-order chi connectivity index (χ0) is 22.2. The van der Waals surface area contributed by atoms with E-state index in [-0.39, 0.29) is 16.1 Å². The number of carbonyl (C=O) groups excluding carboxylic acids is 1. The Balaban J connectivity index is 1.63. The molecule has 11 heteroatoms. The van der Waals surface area contributed by atoms with Gasteiger partial charge in [0.15, 0.2) is 5.69 Å². The molecule has 0 saturated carbocycles. The highest BCUT2D eigenvalue weighted by Crippen LogP contribution is 2.36. The molecule has 166 valence electrons. The first-order valence-corrected chi connectivity index (χ1v) is 10.7. The van der Waals surface area contributed by atoms with Gasteiger partial charge in [0.2, 0.25) is 5.91 Å². The largest absolute Gasteiger partial charge is 0.436 e. The minimum Gasteiger partial charge on any atom is -0.338 e. The van der Waals surface area contributed by atoms with Gasteiger partial charge in [0.1, 0.15) is 6.04 Å². The van der Waals surface area contributed by atoms with Gasteiger partial charge in [-0.25, -0.2) is 0 Å². The van der Waals surface area contributed by atoms with E-state index < -0.39 is 17.9 Å². The van der Waals surface area contributed by atoms with Gasteiger partial charge in [-0.05, 0) is 43.6 Å². The zero-order valence-electron chi connectivity index (χ0n) is 17.5. The van der Waals surface area contributed by atoms with E-state index in [2.05, 4.69) is 31.0 Å². The highest BCUT2D eigenvalue weighted by atomic mass is 79.9. The summed E-state index contributed by atoms with van der Waals surface area (Å²) < 4.78 is 42.3. The van der Waals surface area contributed by atoms with Gasteiger partial charge >= 0.3 is 6.18 Å². The van der Waals surface area contributed by atoms with Crippen molar-refractivity contribution in [2.24, 2.45) is 0 Å². The van der Waals surface area contributed by atoms with Crippen molar-refractivity contribution in [3.05, 3.63) is 33.3 Å². The van der Waals surface area contributed by atoms with Crippen LogP contribution in [0.25, 0.3) is 0 Å². The quantitative estimate of drug-likeness (QED) is 0.644. The maximum atomic E-state index is 13.1. The van der Waals surface area contributed by atoms with Crippen LogP contribution in [0.2, 0.25) is 0 Å². The van der Waals surface area contributed by atoms with Crippen molar-refractivity contribution >= 4 is 21.8 Å². The molecule has 0 bridgehead atoms. The molecule has 2 aromatic heterocycles. The van der Waals surface area contributed by atoms with E-state index in [1.165, 1.54) is 12.5 Å². The highest BCUT2D eigenvalue weighted by molar-refractivity contribution is 9.10. The van der Waals surface area contributed by atoms with Crippen molar-refractivity contribution in [3.63, 3.8) is 0 Å². The van der Waals surface area contributed by atoms with Crippen molar-refractivity contribution in [3.8, 4) is 0 Å². The Morgan fingerprint density at radius 2 is 1.83 bits per heavy atom. The smallest absolute Gasteiger partial charge is 0.338 e. The van der Waals surface area contributed by atoms with Gasteiger partial charge in [0, 0.05) is 51.0 Å². The van der Waals surface area contributed by atoms with Gasteiger partial charge in [-0.3, -0.25) is 19.1 Å². The number of aromatic nitrogens is 4. The number of halogens is 4. The number of piperazine rings is 1. The van der Waals surface area contributed by atoms with Crippen LogP contribution in [0.1, 0.15) is 42.5 Å². The molecule has 1 saturated heterocycles. The number of amides is 1. The topological polar surface area (TPSA) is 59.2 Å². The Morgan fingerprint density at radius 1 is 1.20 bits per heavy atom. The van der Waals surface area contributed by atoms with Crippen LogP contribution >= 0.6 is 15.9 Å². The third-order valence-electron chi connectivity index (χ3n) is 5.52. The summed E-state index contributed by atoms with van der Waals surface area (Å²) in [5.41, 5.74) is 1.45. The minimum atomic E-state index is -4.58. The van der Waals surface area contributed by atoms with Crippen LogP contribution in [0, 0.1) is 13.8 Å². The summed E-state index contributed by atoms with van der Waals surface area (Å²) in [6, 6.07) is -0.811. The van der Waals surface area contributed by atoms with Crippen LogP contribution in [-0.4, -0.2) is 61.4 Å². The molecule has 3 heterocycles. The van der Waals surface area contributed by atoms with E-state index in [0.29, 0.717) is 26.2 Å². The number of rotatable bonds is 5. The fourth-order valence-electron chi connectivity index (χ4n) is 3.67. The van der Waals surface area contributed by atoms with Crippen molar-refractivity contribution in [2.75, 3.05) is 26.2 Å². The summed E-state index contributed by atoms with van der Waals surface area (Å²) >= 11 is 2.96. The Bertz CT molecular complexity index is 914. The summed E-state index contributed by atoms with van der Waals surface area (Å²) in [5, 5.41) is 8.13. The molecule has 0 aliphatic carbocycles. The standard InChI is InChI=1S/C19H26BrF3N6O/c1-5-28-11-15(12(2)24-28)10-26-6-8-27(9-7-26)18(30)14(4)29-13(3)16(20)17(25-29)19(21,22)23/h11,14H,5-10H2,1-4H3. The molecular formula is C19H26BrF3N6O. The van der Waals surface area contributed by atoms with Gasteiger partial charge in [0.05, 0.1) is 15.9 Å². The van der Waals surface area contributed by atoms with Crippen LogP contribution in [0.5, 0.6) is 0 Å². The van der Waals surface area contributed by atoms with Crippen molar-refractivity contribution in [1.82, 2.24) is 29.4 Å². The second kappa shape index (κ2) is 8.70. The van der Waals surface area contributed by atoms with Gasteiger partial charge in [-0.1, -0.05) is 0 Å². The molecule has 1 aliphatic heterocycles. The lowest BCUT2D eigenvalue weighted by Crippen LogP contribution is -2.50. The number of alkyl halides is 3. The van der Waals surface area contributed by atoms with Gasteiger partial charge in [-0.2, -0.15) is 23.4 Å². The third kappa shape index (κ3) is 4.56. The second-order valence-corrected chi connectivity index (χ2v) is 8.36. The zero-order valence-corrected chi connectivity index (χ0v) is 19.1. The lowest BCUT2D eigenvalue weighted by Gasteiger charge is -2.36.